The molecule has 0 spiro atoms. The van der Waals surface area contributed by atoms with E-state index in [-0.39, 0.29) is 0 Å². The fraction of sp³-hybridized carbons (Fsp3) is 0. The Hall–Kier alpha value is -9.76. The Bertz CT molecular complexity index is 4050. The molecule has 0 N–H and O–H groups in total. The Morgan fingerprint density at radius 3 is 0.824 bits per heavy atom. The van der Waals surface area contributed by atoms with Crippen molar-refractivity contribution in [2.45, 2.75) is 0 Å². The largest absolute Gasteiger partial charge is 0.243 e. The summed E-state index contributed by atoms with van der Waals surface area (Å²) in [6.07, 6.45) is 0. The normalized spacial score (nSPS) is 11.5. The van der Waals surface area contributed by atoms with Crippen molar-refractivity contribution in [3.8, 4) is 89.3 Å². The third-order valence-corrected chi connectivity index (χ3v) is 14.9. The summed E-state index contributed by atoms with van der Waals surface area (Å²) >= 11 is 0. The number of hydrogen-bond donors (Lipinski definition) is 0. The Kier molecular flexibility index (Phi) is 10.6. The lowest BCUT2D eigenvalue weighted by Crippen LogP contribution is -2.00. The van der Waals surface area contributed by atoms with Gasteiger partial charge in [-0.2, -0.15) is 0 Å². The maximum absolute atomic E-state index is 5.92. The van der Waals surface area contributed by atoms with E-state index in [1.807, 2.05) is 0 Å². The third-order valence-electron chi connectivity index (χ3n) is 14.9. The van der Waals surface area contributed by atoms with Gasteiger partial charge in [0.25, 0.3) is 0 Å². The Labute approximate surface area is 430 Å². The van der Waals surface area contributed by atoms with E-state index in [0.29, 0.717) is 0 Å². The lowest BCUT2D eigenvalue weighted by atomic mass is 9.89. The third kappa shape index (κ3) is 7.43. The van der Waals surface area contributed by atoms with E-state index < -0.39 is 0 Å². The molecule has 0 aliphatic rings. The van der Waals surface area contributed by atoms with Gasteiger partial charge in [-0.25, -0.2) is 9.97 Å². The van der Waals surface area contributed by atoms with Crippen LogP contribution in [0.3, 0.4) is 0 Å². The van der Waals surface area contributed by atoms with Crippen LogP contribution >= 0.6 is 0 Å². The molecule has 0 saturated heterocycles. The van der Waals surface area contributed by atoms with Crippen LogP contribution in [0.25, 0.3) is 143 Å². The van der Waals surface area contributed by atoms with Crippen molar-refractivity contribution in [3.63, 3.8) is 0 Å². The van der Waals surface area contributed by atoms with Crippen LogP contribution in [0.2, 0.25) is 0 Å². The minimum Gasteiger partial charge on any atom is -0.243 e. The quantitative estimate of drug-likeness (QED) is 0.142. The molecule has 14 aromatic rings. The zero-order chi connectivity index (χ0) is 49.0. The predicted octanol–water partition coefficient (Wildman–Crippen LogP) is 19.6. The lowest BCUT2D eigenvalue weighted by molar-refractivity contribution is 1.29. The highest BCUT2D eigenvalue weighted by Crippen LogP contribution is 2.45. The highest BCUT2D eigenvalue weighted by atomic mass is 14.8. The molecule has 0 fully saturated rings. The monoisotopic (exact) mass is 938 g/mol. The topological polar surface area (TPSA) is 25.8 Å². The van der Waals surface area contributed by atoms with Gasteiger partial charge in [0.1, 0.15) is 0 Å². The van der Waals surface area contributed by atoms with Gasteiger partial charge < -0.3 is 0 Å². The first kappa shape index (κ1) is 43.1. The number of rotatable bonds is 8. The highest BCUT2D eigenvalue weighted by molar-refractivity contribution is 6.14. The summed E-state index contributed by atoms with van der Waals surface area (Å²) in [4.78, 5) is 11.8. The molecule has 0 aliphatic carbocycles. The van der Waals surface area contributed by atoms with Crippen molar-refractivity contribution in [2.75, 3.05) is 0 Å². The number of aromatic nitrogens is 2. The molecular weight excluding hydrogens is 893 g/mol. The second-order valence-electron chi connectivity index (χ2n) is 19.1. The van der Waals surface area contributed by atoms with Crippen molar-refractivity contribution in [2.24, 2.45) is 0 Å². The van der Waals surface area contributed by atoms with Crippen molar-refractivity contribution >= 4 is 54.1 Å². The van der Waals surface area contributed by atoms with E-state index >= 15 is 0 Å². The van der Waals surface area contributed by atoms with E-state index in [9.17, 15) is 0 Å². The molecule has 2 nitrogen and oxygen atoms in total. The standard InChI is InChI=1S/C72H46N2/c1-3-19-47(20-4-1)57-27-15-17-33-63(57)65-43-44-66(64-34-18-16-28-58(64)48-21-5-2-6-22-48)72-71(65)73-69(51-39-35-49(36-40-51)67-59-29-11-7-23-53(59)45-54-24-8-12-30-60(54)67)70(74-72)52-41-37-50(38-42-52)68-61-31-13-9-25-55(61)46-56-26-10-14-32-62(56)68/h1-46H. The minimum atomic E-state index is 0.821. The average Bonchev–Trinajstić information content (AvgIpc) is 3.50. The van der Waals surface area contributed by atoms with E-state index in [0.717, 1.165) is 89.2 Å². The van der Waals surface area contributed by atoms with Crippen LogP contribution in [0.4, 0.5) is 0 Å². The van der Waals surface area contributed by atoms with Crippen molar-refractivity contribution < 1.29 is 0 Å². The summed E-state index contributed by atoms with van der Waals surface area (Å²) in [6, 6.07) is 101. The Morgan fingerprint density at radius 1 is 0.189 bits per heavy atom. The van der Waals surface area contributed by atoms with Gasteiger partial charge in [-0.15, -0.1) is 0 Å². The minimum absolute atomic E-state index is 0.821. The fourth-order valence-electron chi connectivity index (χ4n) is 11.4. The number of hydrogen-bond acceptors (Lipinski definition) is 2. The predicted molar refractivity (Wildman–Crippen MR) is 313 cm³/mol. The van der Waals surface area contributed by atoms with Crippen LogP contribution in [0, 0.1) is 0 Å². The molecule has 74 heavy (non-hydrogen) atoms. The molecule has 0 aliphatic heterocycles. The van der Waals surface area contributed by atoms with Crippen LogP contribution in [0.5, 0.6) is 0 Å². The summed E-state index contributed by atoms with van der Waals surface area (Å²) in [5.74, 6) is 0. The molecule has 0 bridgehead atoms. The van der Waals surface area contributed by atoms with E-state index in [2.05, 4.69) is 279 Å². The molecule has 0 atom stereocenters. The van der Waals surface area contributed by atoms with Gasteiger partial charge in [0.15, 0.2) is 0 Å². The van der Waals surface area contributed by atoms with Crippen LogP contribution in [-0.4, -0.2) is 9.97 Å². The molecular formula is C72H46N2. The van der Waals surface area contributed by atoms with Crippen molar-refractivity contribution in [1.29, 1.82) is 0 Å². The fourth-order valence-corrected chi connectivity index (χ4v) is 11.4. The van der Waals surface area contributed by atoms with Gasteiger partial charge in [-0.3, -0.25) is 0 Å². The first-order valence-electron chi connectivity index (χ1n) is 25.4. The molecule has 13 aromatic carbocycles. The SMILES string of the molecule is c1ccc(-c2ccccc2-c2ccc(-c3ccccc3-c3ccccc3)c3nc(-c4ccc(-c5c6ccccc6cc6ccccc56)cc4)c(-c4ccc(-c5c6ccccc6cc6ccccc56)cc4)nc23)cc1. The molecule has 1 heterocycles. The average molecular weight is 939 g/mol. The molecule has 1 aromatic heterocycles. The zero-order valence-electron chi connectivity index (χ0n) is 40.5. The first-order chi connectivity index (χ1) is 36.7. The van der Waals surface area contributed by atoms with E-state index in [1.54, 1.807) is 0 Å². The second kappa shape index (κ2) is 18.1. The highest BCUT2D eigenvalue weighted by Gasteiger charge is 2.23. The number of fused-ring (bicyclic) bond motifs is 5. The molecule has 0 radical (unpaired) electrons. The summed E-state index contributed by atoms with van der Waals surface area (Å²) in [6.45, 7) is 0. The van der Waals surface area contributed by atoms with Gasteiger partial charge in [0, 0.05) is 22.3 Å². The summed E-state index contributed by atoms with van der Waals surface area (Å²) in [5, 5.41) is 9.82. The maximum atomic E-state index is 5.92. The van der Waals surface area contributed by atoms with Gasteiger partial charge >= 0.3 is 0 Å². The summed E-state index contributed by atoms with van der Waals surface area (Å²) < 4.78 is 0. The Morgan fingerprint density at radius 2 is 0.473 bits per heavy atom. The molecule has 0 amide bonds. The van der Waals surface area contributed by atoms with Gasteiger partial charge in [0.2, 0.25) is 0 Å². The second-order valence-corrected chi connectivity index (χ2v) is 19.1. The summed E-state index contributed by atoms with van der Waals surface area (Å²) in [5.41, 5.74) is 18.9. The molecule has 344 valence electrons. The van der Waals surface area contributed by atoms with Gasteiger partial charge in [-0.05, 0) is 111 Å². The van der Waals surface area contributed by atoms with Crippen molar-refractivity contribution in [3.05, 3.63) is 279 Å². The first-order valence-corrected chi connectivity index (χ1v) is 25.4. The van der Waals surface area contributed by atoms with Crippen LogP contribution < -0.4 is 0 Å². The van der Waals surface area contributed by atoms with Crippen molar-refractivity contribution in [1.82, 2.24) is 9.97 Å². The van der Waals surface area contributed by atoms with Crippen LogP contribution in [0.1, 0.15) is 0 Å². The zero-order valence-corrected chi connectivity index (χ0v) is 40.5. The van der Waals surface area contributed by atoms with Crippen LogP contribution in [-0.2, 0) is 0 Å². The molecule has 0 saturated carbocycles. The molecule has 2 heteroatoms. The molecule has 14 rings (SSSR count). The molecule has 0 unspecified atom stereocenters. The lowest BCUT2D eigenvalue weighted by Gasteiger charge is -2.19. The van der Waals surface area contributed by atoms with Gasteiger partial charge in [0.05, 0.1) is 22.4 Å². The van der Waals surface area contributed by atoms with E-state index in [4.69, 9.17) is 9.97 Å². The summed E-state index contributed by atoms with van der Waals surface area (Å²) in [7, 11) is 0. The van der Waals surface area contributed by atoms with Gasteiger partial charge in [-0.1, -0.05) is 267 Å². The maximum Gasteiger partial charge on any atom is 0.0979 e. The number of benzene rings is 13. The smallest absolute Gasteiger partial charge is 0.0979 e. The number of nitrogens with zero attached hydrogens (tertiary/aromatic N) is 2. The van der Waals surface area contributed by atoms with E-state index in [1.165, 1.54) is 54.2 Å². The van der Waals surface area contributed by atoms with Crippen LogP contribution in [0.15, 0.2) is 279 Å². The Balaban J connectivity index is 1.03.